The molecule has 0 aliphatic carbocycles. The van der Waals surface area contributed by atoms with Gasteiger partial charge in [-0.25, -0.2) is 0 Å². The number of ether oxygens (including phenoxy) is 1. The molecule has 0 bridgehead atoms. The highest BCUT2D eigenvalue weighted by molar-refractivity contribution is 7.12. The monoisotopic (exact) mass is 239 g/mol. The predicted molar refractivity (Wildman–Crippen MR) is 69.0 cm³/mol. The third-order valence-electron chi connectivity index (χ3n) is 3.20. The third-order valence-corrected chi connectivity index (χ3v) is 4.36. The minimum absolute atomic E-state index is 0.718. The van der Waals surface area contributed by atoms with Crippen molar-refractivity contribution in [1.82, 2.24) is 5.32 Å². The molecule has 0 amide bonds. The quantitative estimate of drug-likeness (QED) is 0.872. The molecule has 1 aromatic rings. The highest BCUT2D eigenvalue weighted by Crippen LogP contribution is 2.20. The number of thiophene rings is 1. The molecule has 3 heteroatoms. The van der Waals surface area contributed by atoms with Gasteiger partial charge >= 0.3 is 0 Å². The second-order valence-electron chi connectivity index (χ2n) is 4.67. The first-order chi connectivity index (χ1) is 7.75. The van der Waals surface area contributed by atoms with E-state index in [1.165, 1.54) is 28.2 Å². The largest absolute Gasteiger partial charge is 0.381 e. The molecule has 1 N–H and O–H groups in total. The van der Waals surface area contributed by atoms with Crippen molar-refractivity contribution in [3.63, 3.8) is 0 Å². The van der Waals surface area contributed by atoms with Crippen LogP contribution in [0, 0.1) is 19.8 Å². The highest BCUT2D eigenvalue weighted by Gasteiger charge is 2.13. The Morgan fingerprint density at radius 3 is 3.00 bits per heavy atom. The summed E-state index contributed by atoms with van der Waals surface area (Å²) >= 11 is 1.91. The van der Waals surface area contributed by atoms with E-state index in [1.807, 2.05) is 11.3 Å². The summed E-state index contributed by atoms with van der Waals surface area (Å²) in [7, 11) is 0. The molecule has 0 radical (unpaired) electrons. The Morgan fingerprint density at radius 2 is 2.38 bits per heavy atom. The zero-order valence-corrected chi connectivity index (χ0v) is 11.0. The average Bonchev–Trinajstić information content (AvgIpc) is 2.60. The first-order valence-electron chi connectivity index (χ1n) is 6.10. The van der Waals surface area contributed by atoms with Crippen molar-refractivity contribution < 1.29 is 4.74 Å². The molecule has 1 saturated heterocycles. The standard InChI is InChI=1S/C13H21NOS/c1-10-6-13(16-11(10)2)8-14-7-12-4-3-5-15-9-12/h6,12,14H,3-5,7-9H2,1-2H3. The van der Waals surface area contributed by atoms with Crippen LogP contribution in [0.4, 0.5) is 0 Å². The number of rotatable bonds is 4. The fourth-order valence-corrected chi connectivity index (χ4v) is 3.13. The van der Waals surface area contributed by atoms with E-state index in [4.69, 9.17) is 4.74 Å². The van der Waals surface area contributed by atoms with E-state index >= 15 is 0 Å². The van der Waals surface area contributed by atoms with Gasteiger partial charge in [0, 0.05) is 29.5 Å². The molecule has 16 heavy (non-hydrogen) atoms. The van der Waals surface area contributed by atoms with Crippen molar-refractivity contribution in [2.24, 2.45) is 5.92 Å². The van der Waals surface area contributed by atoms with Crippen LogP contribution in [0.15, 0.2) is 6.07 Å². The molecule has 1 aromatic heterocycles. The molecule has 1 aliphatic heterocycles. The van der Waals surface area contributed by atoms with Crippen LogP contribution in [-0.2, 0) is 11.3 Å². The lowest BCUT2D eigenvalue weighted by atomic mass is 10.0. The molecule has 1 aliphatic rings. The second kappa shape index (κ2) is 5.80. The lowest BCUT2D eigenvalue weighted by molar-refractivity contribution is 0.0548. The van der Waals surface area contributed by atoms with Crippen LogP contribution in [0.2, 0.25) is 0 Å². The minimum Gasteiger partial charge on any atom is -0.381 e. The minimum atomic E-state index is 0.718. The number of hydrogen-bond donors (Lipinski definition) is 1. The fraction of sp³-hybridized carbons (Fsp3) is 0.692. The van der Waals surface area contributed by atoms with Gasteiger partial charge in [0.05, 0.1) is 6.61 Å². The molecule has 2 nitrogen and oxygen atoms in total. The Balaban J connectivity index is 1.71. The average molecular weight is 239 g/mol. The van der Waals surface area contributed by atoms with Gasteiger partial charge in [0.2, 0.25) is 0 Å². The maximum Gasteiger partial charge on any atom is 0.0506 e. The van der Waals surface area contributed by atoms with Gasteiger partial charge in [-0.05, 0) is 44.2 Å². The Kier molecular flexibility index (Phi) is 4.38. The van der Waals surface area contributed by atoms with Crippen molar-refractivity contribution in [3.8, 4) is 0 Å². The zero-order valence-electron chi connectivity index (χ0n) is 10.2. The molecule has 1 fully saturated rings. The van der Waals surface area contributed by atoms with Crippen molar-refractivity contribution in [3.05, 3.63) is 21.4 Å². The van der Waals surface area contributed by atoms with Crippen LogP contribution in [0.3, 0.4) is 0 Å². The van der Waals surface area contributed by atoms with E-state index in [-0.39, 0.29) is 0 Å². The SMILES string of the molecule is Cc1cc(CNCC2CCCOC2)sc1C. The van der Waals surface area contributed by atoms with Gasteiger partial charge in [-0.15, -0.1) is 11.3 Å². The molecular formula is C13H21NOS. The summed E-state index contributed by atoms with van der Waals surface area (Å²) in [6, 6.07) is 2.30. The first-order valence-corrected chi connectivity index (χ1v) is 6.91. The van der Waals surface area contributed by atoms with Crippen LogP contribution >= 0.6 is 11.3 Å². The Hall–Kier alpha value is -0.380. The Morgan fingerprint density at radius 1 is 1.50 bits per heavy atom. The van der Waals surface area contributed by atoms with Gasteiger partial charge in [0.25, 0.3) is 0 Å². The molecule has 1 atom stereocenters. The third kappa shape index (κ3) is 3.30. The summed E-state index contributed by atoms with van der Waals surface area (Å²) in [5.41, 5.74) is 1.42. The molecule has 1 unspecified atom stereocenters. The summed E-state index contributed by atoms with van der Waals surface area (Å²) in [5.74, 6) is 0.718. The van der Waals surface area contributed by atoms with Crippen LogP contribution in [0.5, 0.6) is 0 Å². The summed E-state index contributed by atoms with van der Waals surface area (Å²) in [6.45, 7) is 8.38. The van der Waals surface area contributed by atoms with E-state index in [9.17, 15) is 0 Å². The van der Waals surface area contributed by atoms with Crippen LogP contribution in [0.25, 0.3) is 0 Å². The number of hydrogen-bond acceptors (Lipinski definition) is 3. The van der Waals surface area contributed by atoms with Gasteiger partial charge < -0.3 is 10.1 Å². The Labute approximate surface area is 102 Å². The highest BCUT2D eigenvalue weighted by atomic mass is 32.1. The van der Waals surface area contributed by atoms with Crippen molar-refractivity contribution in [2.45, 2.75) is 33.2 Å². The molecule has 0 aromatic carbocycles. The number of nitrogens with one attached hydrogen (secondary N) is 1. The topological polar surface area (TPSA) is 21.3 Å². The maximum atomic E-state index is 5.47. The van der Waals surface area contributed by atoms with E-state index in [0.717, 1.165) is 32.2 Å². The van der Waals surface area contributed by atoms with Gasteiger partial charge in [0.1, 0.15) is 0 Å². The van der Waals surface area contributed by atoms with Gasteiger partial charge in [-0.3, -0.25) is 0 Å². The van der Waals surface area contributed by atoms with Crippen LogP contribution in [0.1, 0.15) is 28.2 Å². The summed E-state index contributed by atoms with van der Waals surface area (Å²) in [6.07, 6.45) is 2.54. The van der Waals surface area contributed by atoms with Crippen molar-refractivity contribution >= 4 is 11.3 Å². The molecule has 0 spiro atoms. The van der Waals surface area contributed by atoms with Gasteiger partial charge in [0.15, 0.2) is 0 Å². The first kappa shape index (κ1) is 12.1. The molecule has 2 rings (SSSR count). The maximum absolute atomic E-state index is 5.47. The van der Waals surface area contributed by atoms with Crippen LogP contribution < -0.4 is 5.32 Å². The fourth-order valence-electron chi connectivity index (χ4n) is 2.10. The zero-order chi connectivity index (χ0) is 11.4. The van der Waals surface area contributed by atoms with Gasteiger partial charge in [-0.1, -0.05) is 0 Å². The normalized spacial score (nSPS) is 21.2. The van der Waals surface area contributed by atoms with E-state index in [1.54, 1.807) is 0 Å². The lowest BCUT2D eigenvalue weighted by Crippen LogP contribution is -2.28. The summed E-state index contributed by atoms with van der Waals surface area (Å²) in [5, 5.41) is 3.54. The molecule has 90 valence electrons. The molecule has 0 saturated carbocycles. The lowest BCUT2D eigenvalue weighted by Gasteiger charge is -2.22. The van der Waals surface area contributed by atoms with Crippen molar-refractivity contribution in [1.29, 1.82) is 0 Å². The predicted octanol–water partition coefficient (Wildman–Crippen LogP) is 2.88. The van der Waals surface area contributed by atoms with Crippen LogP contribution in [-0.4, -0.2) is 19.8 Å². The molecular weight excluding hydrogens is 218 g/mol. The number of aryl methyl sites for hydroxylation is 2. The van der Waals surface area contributed by atoms with E-state index in [0.29, 0.717) is 0 Å². The van der Waals surface area contributed by atoms with Gasteiger partial charge in [-0.2, -0.15) is 0 Å². The van der Waals surface area contributed by atoms with Crippen molar-refractivity contribution in [2.75, 3.05) is 19.8 Å². The Bertz CT molecular complexity index is 309. The van der Waals surface area contributed by atoms with E-state index < -0.39 is 0 Å². The summed E-state index contributed by atoms with van der Waals surface area (Å²) < 4.78 is 5.47. The second-order valence-corrected chi connectivity index (χ2v) is 6.01. The smallest absolute Gasteiger partial charge is 0.0506 e. The van der Waals surface area contributed by atoms with E-state index in [2.05, 4.69) is 25.2 Å². The molecule has 2 heterocycles. The summed E-state index contributed by atoms with van der Waals surface area (Å²) in [4.78, 5) is 2.89.